The third-order valence-corrected chi connectivity index (χ3v) is 5.71. The molecule has 3 rings (SSSR count). The maximum atomic E-state index is 10.8. The van der Waals surface area contributed by atoms with Crippen molar-refractivity contribution in [1.82, 2.24) is 4.90 Å². The van der Waals surface area contributed by atoms with Crippen LogP contribution < -0.4 is 4.90 Å². The summed E-state index contributed by atoms with van der Waals surface area (Å²) in [6, 6.07) is 7.01. The van der Waals surface area contributed by atoms with Gasteiger partial charge in [0.25, 0.3) is 5.69 Å². The molecule has 0 bridgehead atoms. The number of nitrogens with zero attached hydrogens (tertiary/aromatic N) is 3. The van der Waals surface area contributed by atoms with Gasteiger partial charge in [-0.15, -0.1) is 0 Å². The van der Waals surface area contributed by atoms with Gasteiger partial charge in [0, 0.05) is 30.9 Å². The topological polar surface area (TPSA) is 49.6 Å². The quantitative estimate of drug-likeness (QED) is 0.628. The number of non-ortho nitro benzene ring substituents is 1. The maximum absolute atomic E-state index is 10.8. The predicted octanol–water partition coefficient (Wildman–Crippen LogP) is 3.69. The molecule has 23 heavy (non-hydrogen) atoms. The van der Waals surface area contributed by atoms with Crippen LogP contribution in [0.25, 0.3) is 0 Å². The van der Waals surface area contributed by atoms with Gasteiger partial charge in [-0.25, -0.2) is 0 Å². The number of rotatable bonds is 4. The van der Waals surface area contributed by atoms with Gasteiger partial charge in [-0.2, -0.15) is 0 Å². The van der Waals surface area contributed by atoms with Crippen LogP contribution in [0.1, 0.15) is 39.0 Å². The van der Waals surface area contributed by atoms with Gasteiger partial charge < -0.3 is 9.80 Å². The van der Waals surface area contributed by atoms with Crippen molar-refractivity contribution >= 4 is 11.4 Å². The molecule has 0 amide bonds. The van der Waals surface area contributed by atoms with E-state index < -0.39 is 0 Å². The number of hydrogen-bond donors (Lipinski definition) is 0. The van der Waals surface area contributed by atoms with Gasteiger partial charge in [0.1, 0.15) is 0 Å². The summed E-state index contributed by atoms with van der Waals surface area (Å²) in [6.07, 6.45) is 6.43. The van der Waals surface area contributed by atoms with Gasteiger partial charge in [-0.05, 0) is 69.3 Å². The largest absolute Gasteiger partial charge is 0.371 e. The number of nitro benzene ring substituents is 1. The highest BCUT2D eigenvalue weighted by atomic mass is 16.6. The molecule has 2 fully saturated rings. The third kappa shape index (κ3) is 3.66. The second kappa shape index (κ2) is 6.87. The molecule has 1 aromatic carbocycles. The van der Waals surface area contributed by atoms with Crippen molar-refractivity contribution in [2.45, 2.75) is 39.0 Å². The number of benzene rings is 1. The van der Waals surface area contributed by atoms with E-state index in [-0.39, 0.29) is 10.6 Å². The highest BCUT2D eigenvalue weighted by molar-refractivity contribution is 5.51. The summed E-state index contributed by atoms with van der Waals surface area (Å²) in [6.45, 7) is 8.16. The fraction of sp³-hybridized carbons (Fsp3) is 0.667. The Hall–Kier alpha value is -1.62. The molecule has 5 nitrogen and oxygen atoms in total. The van der Waals surface area contributed by atoms with Crippen LogP contribution in [0, 0.1) is 15.5 Å². The second-order valence-corrected chi connectivity index (χ2v) is 7.10. The normalized spacial score (nSPS) is 21.5. The van der Waals surface area contributed by atoms with Crippen molar-refractivity contribution in [2.24, 2.45) is 5.41 Å². The highest BCUT2D eigenvalue weighted by Gasteiger charge is 2.37. The fourth-order valence-corrected chi connectivity index (χ4v) is 4.09. The van der Waals surface area contributed by atoms with Crippen molar-refractivity contribution in [3.8, 4) is 0 Å². The molecule has 1 aromatic rings. The van der Waals surface area contributed by atoms with E-state index in [4.69, 9.17) is 0 Å². The Bertz CT molecular complexity index is 526. The van der Waals surface area contributed by atoms with Crippen LogP contribution in [0.15, 0.2) is 24.3 Å². The summed E-state index contributed by atoms with van der Waals surface area (Å²) in [5.41, 5.74) is 1.83. The van der Waals surface area contributed by atoms with E-state index in [1.165, 1.54) is 51.7 Å². The third-order valence-electron chi connectivity index (χ3n) is 5.71. The minimum atomic E-state index is -0.334. The van der Waals surface area contributed by atoms with Crippen LogP contribution in [-0.4, -0.2) is 42.5 Å². The Balaban J connectivity index is 1.55. The van der Waals surface area contributed by atoms with Gasteiger partial charge in [0.05, 0.1) is 4.92 Å². The molecule has 2 saturated heterocycles. The van der Waals surface area contributed by atoms with Crippen molar-refractivity contribution < 1.29 is 4.92 Å². The van der Waals surface area contributed by atoms with Gasteiger partial charge in [-0.3, -0.25) is 10.1 Å². The van der Waals surface area contributed by atoms with Crippen LogP contribution in [0.2, 0.25) is 0 Å². The number of anilines is 1. The first-order chi connectivity index (χ1) is 11.1. The fourth-order valence-electron chi connectivity index (χ4n) is 4.09. The summed E-state index contributed by atoms with van der Waals surface area (Å²) >= 11 is 0. The molecule has 0 N–H and O–H groups in total. The van der Waals surface area contributed by atoms with Crippen molar-refractivity contribution in [3.63, 3.8) is 0 Å². The maximum Gasteiger partial charge on any atom is 0.269 e. The lowest BCUT2D eigenvalue weighted by Gasteiger charge is -2.47. The zero-order valence-corrected chi connectivity index (χ0v) is 14.0. The Kier molecular flexibility index (Phi) is 4.85. The standard InChI is InChI=1S/C18H27N3O2/c1-2-11-19-12-7-18(8-13-19)9-14-20(15-10-18)16-3-5-17(6-4-16)21(22)23/h3-6H,2,7-15H2,1H3. The number of nitro groups is 1. The SMILES string of the molecule is CCCN1CCC2(CC1)CCN(c1ccc([N+](=O)[O-])cc1)CC2. The van der Waals surface area contributed by atoms with Crippen LogP contribution >= 0.6 is 0 Å². The van der Waals surface area contributed by atoms with Crippen LogP contribution in [0.4, 0.5) is 11.4 Å². The lowest BCUT2D eigenvalue weighted by molar-refractivity contribution is -0.384. The van der Waals surface area contributed by atoms with E-state index in [2.05, 4.69) is 16.7 Å². The smallest absolute Gasteiger partial charge is 0.269 e. The highest BCUT2D eigenvalue weighted by Crippen LogP contribution is 2.42. The molecule has 0 atom stereocenters. The molecular weight excluding hydrogens is 290 g/mol. The molecule has 0 aromatic heterocycles. The average Bonchev–Trinajstić information content (AvgIpc) is 2.58. The molecule has 0 saturated carbocycles. The Morgan fingerprint density at radius 2 is 1.61 bits per heavy atom. The summed E-state index contributed by atoms with van der Waals surface area (Å²) in [5, 5.41) is 10.8. The number of piperidine rings is 2. The molecular formula is C18H27N3O2. The summed E-state index contributed by atoms with van der Waals surface area (Å²) in [4.78, 5) is 15.4. The van der Waals surface area contributed by atoms with Gasteiger partial charge >= 0.3 is 0 Å². The van der Waals surface area contributed by atoms with Crippen LogP contribution in [0.5, 0.6) is 0 Å². The van der Waals surface area contributed by atoms with E-state index in [1.54, 1.807) is 12.1 Å². The number of hydrogen-bond acceptors (Lipinski definition) is 4. The Labute approximate surface area is 138 Å². The summed E-state index contributed by atoms with van der Waals surface area (Å²) < 4.78 is 0. The van der Waals surface area contributed by atoms with Crippen LogP contribution in [0.3, 0.4) is 0 Å². The predicted molar refractivity (Wildman–Crippen MR) is 92.9 cm³/mol. The van der Waals surface area contributed by atoms with Gasteiger partial charge in [0.2, 0.25) is 0 Å². The van der Waals surface area contributed by atoms with E-state index in [1.807, 2.05) is 12.1 Å². The van der Waals surface area contributed by atoms with Gasteiger partial charge in [0.15, 0.2) is 0 Å². The average molecular weight is 317 g/mol. The Morgan fingerprint density at radius 1 is 1.04 bits per heavy atom. The van der Waals surface area contributed by atoms with E-state index in [0.29, 0.717) is 5.41 Å². The summed E-state index contributed by atoms with van der Waals surface area (Å²) in [5.74, 6) is 0. The molecule has 5 heteroatoms. The first kappa shape index (κ1) is 16.2. The first-order valence-corrected chi connectivity index (χ1v) is 8.84. The zero-order chi connectivity index (χ0) is 16.3. The zero-order valence-electron chi connectivity index (χ0n) is 14.0. The lowest BCUT2D eigenvalue weighted by atomic mass is 9.71. The lowest BCUT2D eigenvalue weighted by Crippen LogP contribution is -2.47. The van der Waals surface area contributed by atoms with Crippen molar-refractivity contribution in [2.75, 3.05) is 37.6 Å². The molecule has 2 aliphatic heterocycles. The molecule has 0 aliphatic carbocycles. The monoisotopic (exact) mass is 317 g/mol. The summed E-state index contributed by atoms with van der Waals surface area (Å²) in [7, 11) is 0. The van der Waals surface area contributed by atoms with Gasteiger partial charge in [-0.1, -0.05) is 6.92 Å². The molecule has 126 valence electrons. The Morgan fingerprint density at radius 3 is 2.13 bits per heavy atom. The first-order valence-electron chi connectivity index (χ1n) is 8.84. The molecule has 0 unspecified atom stereocenters. The molecule has 2 aliphatic rings. The van der Waals surface area contributed by atoms with E-state index in [9.17, 15) is 10.1 Å². The number of likely N-dealkylation sites (tertiary alicyclic amines) is 1. The second-order valence-electron chi connectivity index (χ2n) is 7.10. The van der Waals surface area contributed by atoms with Crippen LogP contribution in [-0.2, 0) is 0 Å². The molecule has 0 radical (unpaired) electrons. The van der Waals surface area contributed by atoms with E-state index >= 15 is 0 Å². The minimum absolute atomic E-state index is 0.172. The molecule has 2 heterocycles. The van der Waals surface area contributed by atoms with E-state index in [0.717, 1.165) is 18.8 Å². The minimum Gasteiger partial charge on any atom is -0.371 e. The van der Waals surface area contributed by atoms with Crippen molar-refractivity contribution in [1.29, 1.82) is 0 Å². The van der Waals surface area contributed by atoms with Crippen molar-refractivity contribution in [3.05, 3.63) is 34.4 Å². The molecule has 1 spiro atoms.